The minimum Gasteiger partial charge on any atom is -0.261 e. The molecular weight excluding hydrogens is 145 g/mol. The molecule has 0 spiro atoms. The fourth-order valence-corrected chi connectivity index (χ4v) is 1.93. The van der Waals surface area contributed by atoms with E-state index < -0.39 is 0 Å². The third kappa shape index (κ3) is 1.26. The van der Waals surface area contributed by atoms with E-state index in [0.29, 0.717) is 5.92 Å². The summed E-state index contributed by atoms with van der Waals surface area (Å²) in [6.45, 7) is 0. The monoisotopic (exact) mass is 157 g/mol. The van der Waals surface area contributed by atoms with E-state index in [1.807, 2.05) is 12.3 Å². The Morgan fingerprint density at radius 1 is 1.58 bits per heavy atom. The van der Waals surface area contributed by atoms with E-state index in [2.05, 4.69) is 11.1 Å². The molecule has 60 valence electrons. The number of hydrogen-bond donors (Lipinski definition) is 0. The molecule has 2 heteroatoms. The van der Waals surface area contributed by atoms with Gasteiger partial charge < -0.3 is 0 Å². The fraction of sp³-hybridized carbons (Fsp3) is 0.500. The van der Waals surface area contributed by atoms with Crippen LogP contribution in [-0.2, 0) is 6.42 Å². The first-order valence-corrected chi connectivity index (χ1v) is 4.55. The van der Waals surface area contributed by atoms with Crippen LogP contribution in [0.2, 0.25) is 6.32 Å². The normalized spacial score (nSPS) is 21.8. The molecule has 0 saturated heterocycles. The molecule has 0 amide bonds. The highest BCUT2D eigenvalue weighted by atomic mass is 14.7. The molecule has 2 rings (SSSR count). The van der Waals surface area contributed by atoms with Gasteiger partial charge in [0.15, 0.2) is 0 Å². The van der Waals surface area contributed by atoms with E-state index in [9.17, 15) is 0 Å². The smallest absolute Gasteiger partial charge is 0.0661 e. The first-order valence-electron chi connectivity index (χ1n) is 4.55. The lowest BCUT2D eigenvalue weighted by Crippen LogP contribution is -2.11. The van der Waals surface area contributed by atoms with Gasteiger partial charge >= 0.3 is 0 Å². The molecular formula is C10H12BN. The van der Waals surface area contributed by atoms with Crippen LogP contribution in [0.3, 0.4) is 0 Å². The number of pyridine rings is 1. The van der Waals surface area contributed by atoms with Gasteiger partial charge in [-0.1, -0.05) is 12.4 Å². The van der Waals surface area contributed by atoms with Gasteiger partial charge in [-0.3, -0.25) is 4.98 Å². The third-order valence-electron chi connectivity index (χ3n) is 2.60. The summed E-state index contributed by atoms with van der Waals surface area (Å²) in [5.74, 6) is 0.509. The largest absolute Gasteiger partial charge is 0.261 e. The Balaban J connectivity index is 2.37. The van der Waals surface area contributed by atoms with Gasteiger partial charge in [-0.25, -0.2) is 0 Å². The molecule has 0 fully saturated rings. The van der Waals surface area contributed by atoms with Crippen molar-refractivity contribution in [1.29, 1.82) is 0 Å². The number of aromatic nitrogens is 1. The molecule has 1 aliphatic rings. The Morgan fingerprint density at radius 2 is 2.50 bits per heavy atom. The van der Waals surface area contributed by atoms with E-state index in [1.54, 1.807) is 0 Å². The highest BCUT2D eigenvalue weighted by molar-refractivity contribution is 6.09. The van der Waals surface area contributed by atoms with E-state index in [4.69, 9.17) is 7.85 Å². The van der Waals surface area contributed by atoms with Crippen molar-refractivity contribution in [2.75, 3.05) is 0 Å². The molecule has 1 aliphatic carbocycles. The summed E-state index contributed by atoms with van der Waals surface area (Å²) in [6.07, 6.45) is 6.26. The molecule has 1 aromatic heterocycles. The zero-order valence-corrected chi connectivity index (χ0v) is 7.16. The summed E-state index contributed by atoms with van der Waals surface area (Å²) in [4.78, 5) is 4.39. The Labute approximate surface area is 74.6 Å². The predicted octanol–water partition coefficient (Wildman–Crippen LogP) is 2.09. The maximum Gasteiger partial charge on any atom is 0.0661 e. The van der Waals surface area contributed by atoms with Gasteiger partial charge in [0.25, 0.3) is 0 Å². The fourth-order valence-electron chi connectivity index (χ4n) is 1.93. The molecule has 0 aromatic carbocycles. The van der Waals surface area contributed by atoms with Crippen LogP contribution in [0.4, 0.5) is 0 Å². The van der Waals surface area contributed by atoms with Gasteiger partial charge in [0, 0.05) is 11.9 Å². The summed E-state index contributed by atoms with van der Waals surface area (Å²) >= 11 is 0. The second-order valence-electron chi connectivity index (χ2n) is 3.37. The van der Waals surface area contributed by atoms with Crippen molar-refractivity contribution in [3.63, 3.8) is 0 Å². The van der Waals surface area contributed by atoms with Gasteiger partial charge in [0.2, 0.25) is 0 Å². The molecule has 0 bridgehead atoms. The topological polar surface area (TPSA) is 12.9 Å². The summed E-state index contributed by atoms with van der Waals surface area (Å²) in [5, 5.41) is 0. The average Bonchev–Trinajstić information content (AvgIpc) is 2.17. The lowest BCUT2D eigenvalue weighted by atomic mass is 9.79. The number of aryl methyl sites for hydroxylation is 1. The second-order valence-corrected chi connectivity index (χ2v) is 3.37. The molecule has 1 atom stereocenters. The maximum absolute atomic E-state index is 5.68. The summed E-state index contributed by atoms with van der Waals surface area (Å²) < 4.78 is 0. The van der Waals surface area contributed by atoms with Crippen molar-refractivity contribution in [3.05, 3.63) is 29.6 Å². The van der Waals surface area contributed by atoms with Crippen molar-refractivity contribution in [1.82, 2.24) is 4.98 Å². The van der Waals surface area contributed by atoms with E-state index in [1.165, 1.54) is 30.5 Å². The van der Waals surface area contributed by atoms with Crippen molar-refractivity contribution in [2.45, 2.75) is 31.5 Å². The number of fused-ring (bicyclic) bond motifs is 1. The van der Waals surface area contributed by atoms with Crippen molar-refractivity contribution in [2.24, 2.45) is 0 Å². The van der Waals surface area contributed by atoms with Gasteiger partial charge in [-0.2, -0.15) is 0 Å². The third-order valence-corrected chi connectivity index (χ3v) is 2.60. The predicted molar refractivity (Wildman–Crippen MR) is 50.5 cm³/mol. The molecule has 1 aromatic rings. The zero-order valence-electron chi connectivity index (χ0n) is 7.16. The highest BCUT2D eigenvalue weighted by Gasteiger charge is 2.18. The van der Waals surface area contributed by atoms with Crippen LogP contribution in [0.25, 0.3) is 0 Å². The number of nitrogens with zero attached hydrogens (tertiary/aromatic N) is 1. The zero-order chi connectivity index (χ0) is 8.39. The Hall–Kier alpha value is -0.785. The van der Waals surface area contributed by atoms with E-state index >= 15 is 0 Å². The summed E-state index contributed by atoms with van der Waals surface area (Å²) in [5.41, 5.74) is 2.64. The maximum atomic E-state index is 5.68. The molecule has 0 aliphatic heterocycles. The SMILES string of the molecule is [B]CC1CCCc2cccnc21. The highest BCUT2D eigenvalue weighted by Crippen LogP contribution is 2.31. The van der Waals surface area contributed by atoms with Crippen LogP contribution in [-0.4, -0.2) is 12.8 Å². The quantitative estimate of drug-likeness (QED) is 0.568. The Morgan fingerprint density at radius 3 is 3.33 bits per heavy atom. The molecule has 1 heterocycles. The first-order chi connectivity index (χ1) is 5.92. The Bertz CT molecular complexity index is 272. The number of hydrogen-bond acceptors (Lipinski definition) is 1. The molecule has 2 radical (unpaired) electrons. The standard InChI is InChI=1S/C10H12BN/c11-7-9-4-1-3-8-5-2-6-12-10(8)9/h2,5-6,9H,1,3-4,7H2. The van der Waals surface area contributed by atoms with Crippen LogP contribution >= 0.6 is 0 Å². The molecule has 0 N–H and O–H groups in total. The van der Waals surface area contributed by atoms with Crippen LogP contribution in [0.5, 0.6) is 0 Å². The van der Waals surface area contributed by atoms with Crippen molar-refractivity contribution >= 4 is 7.85 Å². The van der Waals surface area contributed by atoms with Gasteiger partial charge in [-0.15, -0.1) is 0 Å². The van der Waals surface area contributed by atoms with Gasteiger partial charge in [-0.05, 0) is 36.8 Å². The number of rotatable bonds is 1. The lowest BCUT2D eigenvalue weighted by molar-refractivity contribution is 0.573. The average molecular weight is 157 g/mol. The van der Waals surface area contributed by atoms with Crippen LogP contribution in [0.15, 0.2) is 18.3 Å². The van der Waals surface area contributed by atoms with Crippen LogP contribution < -0.4 is 0 Å². The minimum absolute atomic E-state index is 0.509. The molecule has 0 saturated carbocycles. The molecule has 1 nitrogen and oxygen atoms in total. The van der Waals surface area contributed by atoms with Crippen molar-refractivity contribution < 1.29 is 0 Å². The minimum atomic E-state index is 0.509. The first kappa shape index (κ1) is 7.84. The van der Waals surface area contributed by atoms with Crippen LogP contribution in [0, 0.1) is 0 Å². The summed E-state index contributed by atoms with van der Waals surface area (Å²) in [6, 6.07) is 4.18. The van der Waals surface area contributed by atoms with E-state index in [-0.39, 0.29) is 0 Å². The van der Waals surface area contributed by atoms with E-state index in [0.717, 1.165) is 6.32 Å². The summed E-state index contributed by atoms with van der Waals surface area (Å²) in [7, 11) is 5.68. The lowest BCUT2D eigenvalue weighted by Gasteiger charge is -2.22. The second kappa shape index (κ2) is 3.30. The van der Waals surface area contributed by atoms with Crippen molar-refractivity contribution in [3.8, 4) is 0 Å². The molecule has 1 unspecified atom stereocenters. The van der Waals surface area contributed by atoms with Gasteiger partial charge in [0.05, 0.1) is 7.85 Å². The van der Waals surface area contributed by atoms with Crippen LogP contribution in [0.1, 0.15) is 30.0 Å². The van der Waals surface area contributed by atoms with Gasteiger partial charge in [0.1, 0.15) is 0 Å². The molecule has 12 heavy (non-hydrogen) atoms. The Kier molecular flexibility index (Phi) is 2.16.